The van der Waals surface area contributed by atoms with E-state index in [2.05, 4.69) is 4.98 Å². The fourth-order valence-corrected chi connectivity index (χ4v) is 2.68. The Balaban J connectivity index is 1.88. The lowest BCUT2D eigenvalue weighted by Gasteiger charge is -2.23. The summed E-state index contributed by atoms with van der Waals surface area (Å²) in [7, 11) is 0. The highest BCUT2D eigenvalue weighted by Crippen LogP contribution is 2.33. The van der Waals surface area contributed by atoms with Gasteiger partial charge in [-0.25, -0.2) is 0 Å². The molecule has 94 valence electrons. The van der Waals surface area contributed by atoms with Crippen molar-refractivity contribution in [2.24, 2.45) is 0 Å². The minimum absolute atomic E-state index is 0.0640. The molecule has 3 heterocycles. The number of hydrogen-bond acceptors (Lipinski definition) is 2. The van der Waals surface area contributed by atoms with E-state index < -0.39 is 0 Å². The average molecular weight is 265 g/mol. The molecule has 0 aliphatic carbocycles. The molecule has 1 saturated heterocycles. The zero-order valence-corrected chi connectivity index (χ0v) is 10.5. The van der Waals surface area contributed by atoms with Crippen LogP contribution in [0, 0.1) is 0 Å². The van der Waals surface area contributed by atoms with Crippen molar-refractivity contribution < 1.29 is 9.21 Å². The fourth-order valence-electron chi connectivity index (χ4n) is 2.49. The van der Waals surface area contributed by atoms with E-state index in [1.54, 1.807) is 6.07 Å². The van der Waals surface area contributed by atoms with Crippen LogP contribution in [0.3, 0.4) is 0 Å². The molecule has 2 aromatic heterocycles. The first-order valence-corrected chi connectivity index (χ1v) is 6.32. The third-order valence-corrected chi connectivity index (χ3v) is 3.64. The summed E-state index contributed by atoms with van der Waals surface area (Å²) in [5, 5.41) is 0.164. The molecule has 5 heteroatoms. The van der Waals surface area contributed by atoms with Gasteiger partial charge in [0.2, 0.25) is 5.22 Å². The first-order valence-electron chi connectivity index (χ1n) is 5.94. The van der Waals surface area contributed by atoms with Crippen molar-refractivity contribution in [2.45, 2.75) is 18.9 Å². The fraction of sp³-hybridized carbons (Fsp3) is 0.308. The molecule has 2 aromatic rings. The molecule has 0 bridgehead atoms. The zero-order valence-electron chi connectivity index (χ0n) is 9.73. The van der Waals surface area contributed by atoms with Crippen LogP contribution in [0.15, 0.2) is 35.1 Å². The summed E-state index contributed by atoms with van der Waals surface area (Å²) in [5.41, 5.74) is 1.51. The molecule has 0 radical (unpaired) electrons. The second-order valence-corrected chi connectivity index (χ2v) is 4.73. The van der Waals surface area contributed by atoms with Crippen LogP contribution in [0.1, 0.15) is 34.9 Å². The number of hydrogen-bond donors (Lipinski definition) is 1. The SMILES string of the molecule is O=C(c1ccoc1Cl)N1CCCC1c1ccc[nH]1. The van der Waals surface area contributed by atoms with E-state index in [-0.39, 0.29) is 17.2 Å². The molecule has 4 nitrogen and oxygen atoms in total. The Morgan fingerprint density at radius 3 is 3.06 bits per heavy atom. The van der Waals surface area contributed by atoms with Crippen molar-refractivity contribution in [1.29, 1.82) is 0 Å². The Hall–Kier alpha value is -1.68. The molecule has 0 aromatic carbocycles. The van der Waals surface area contributed by atoms with Crippen molar-refractivity contribution in [3.05, 3.63) is 47.1 Å². The van der Waals surface area contributed by atoms with Gasteiger partial charge < -0.3 is 14.3 Å². The summed E-state index contributed by atoms with van der Waals surface area (Å²) < 4.78 is 4.98. The number of carbonyl (C=O) groups is 1. The van der Waals surface area contributed by atoms with E-state index in [0.29, 0.717) is 5.56 Å². The van der Waals surface area contributed by atoms with Crippen LogP contribution in [0.5, 0.6) is 0 Å². The van der Waals surface area contributed by atoms with Gasteiger partial charge in [0.1, 0.15) is 0 Å². The predicted molar refractivity (Wildman–Crippen MR) is 67.5 cm³/mol. The van der Waals surface area contributed by atoms with Gasteiger partial charge in [0.25, 0.3) is 5.91 Å². The van der Waals surface area contributed by atoms with Gasteiger partial charge in [-0.05, 0) is 42.6 Å². The third kappa shape index (κ3) is 1.82. The maximum atomic E-state index is 12.4. The molecule has 1 N–H and O–H groups in total. The Labute approximate surface area is 110 Å². The Bertz CT molecular complexity index is 547. The van der Waals surface area contributed by atoms with Gasteiger partial charge in [0.05, 0.1) is 17.9 Å². The molecular weight excluding hydrogens is 252 g/mol. The van der Waals surface area contributed by atoms with E-state index in [0.717, 1.165) is 25.1 Å². The first kappa shape index (κ1) is 11.4. The molecule has 1 aliphatic rings. The first-order chi connectivity index (χ1) is 8.77. The van der Waals surface area contributed by atoms with Crippen LogP contribution in [0.2, 0.25) is 5.22 Å². The lowest BCUT2D eigenvalue weighted by Crippen LogP contribution is -2.30. The van der Waals surface area contributed by atoms with Crippen LogP contribution in [0.25, 0.3) is 0 Å². The number of likely N-dealkylation sites (tertiary alicyclic amines) is 1. The second kappa shape index (κ2) is 4.53. The summed E-state index contributed by atoms with van der Waals surface area (Å²) in [4.78, 5) is 17.4. The number of nitrogens with one attached hydrogen (secondary N) is 1. The van der Waals surface area contributed by atoms with Crippen molar-refractivity contribution in [1.82, 2.24) is 9.88 Å². The maximum Gasteiger partial charge on any atom is 0.259 e. The summed E-state index contributed by atoms with van der Waals surface area (Å²) >= 11 is 5.86. The summed E-state index contributed by atoms with van der Waals surface area (Å²) in [6, 6.07) is 5.68. The number of H-pyrrole nitrogens is 1. The van der Waals surface area contributed by atoms with Crippen LogP contribution in [0.4, 0.5) is 0 Å². The molecule has 1 amide bonds. The normalized spacial score (nSPS) is 19.4. The van der Waals surface area contributed by atoms with Crippen molar-refractivity contribution >= 4 is 17.5 Å². The molecule has 0 saturated carbocycles. The predicted octanol–water partition coefficient (Wildman–Crippen LogP) is 3.24. The van der Waals surface area contributed by atoms with Gasteiger partial charge in [-0.1, -0.05) is 0 Å². The van der Waals surface area contributed by atoms with Crippen molar-refractivity contribution in [3.63, 3.8) is 0 Å². The molecule has 1 aliphatic heterocycles. The van der Waals surface area contributed by atoms with Gasteiger partial charge in [-0.2, -0.15) is 0 Å². The van der Waals surface area contributed by atoms with Crippen LogP contribution < -0.4 is 0 Å². The highest BCUT2D eigenvalue weighted by molar-refractivity contribution is 6.32. The minimum Gasteiger partial charge on any atom is -0.452 e. The monoisotopic (exact) mass is 264 g/mol. The smallest absolute Gasteiger partial charge is 0.259 e. The molecule has 0 spiro atoms. The molecule has 18 heavy (non-hydrogen) atoms. The number of halogens is 1. The summed E-state index contributed by atoms with van der Waals surface area (Å²) in [5.74, 6) is -0.0640. The van der Waals surface area contributed by atoms with E-state index in [9.17, 15) is 4.79 Å². The van der Waals surface area contributed by atoms with E-state index in [4.69, 9.17) is 16.0 Å². The third-order valence-electron chi connectivity index (χ3n) is 3.34. The van der Waals surface area contributed by atoms with Gasteiger partial charge >= 0.3 is 0 Å². The summed E-state index contributed by atoms with van der Waals surface area (Å²) in [6.07, 6.45) is 5.29. The molecule has 1 unspecified atom stereocenters. The number of aromatic amines is 1. The van der Waals surface area contributed by atoms with Crippen LogP contribution in [-0.2, 0) is 0 Å². The zero-order chi connectivity index (χ0) is 12.5. The highest BCUT2D eigenvalue weighted by Gasteiger charge is 2.32. The number of aromatic nitrogens is 1. The molecule has 1 fully saturated rings. The van der Waals surface area contributed by atoms with Crippen LogP contribution in [-0.4, -0.2) is 22.3 Å². The second-order valence-electron chi connectivity index (χ2n) is 4.39. The van der Waals surface area contributed by atoms with Crippen LogP contribution >= 0.6 is 11.6 Å². The summed E-state index contributed by atoms with van der Waals surface area (Å²) in [6.45, 7) is 0.754. The van der Waals surface area contributed by atoms with Gasteiger partial charge in [-0.3, -0.25) is 4.79 Å². The van der Waals surface area contributed by atoms with Crippen molar-refractivity contribution in [3.8, 4) is 0 Å². The lowest BCUT2D eigenvalue weighted by atomic mass is 10.1. The van der Waals surface area contributed by atoms with E-state index in [1.807, 2.05) is 23.2 Å². The molecule has 1 atom stereocenters. The topological polar surface area (TPSA) is 49.2 Å². The lowest BCUT2D eigenvalue weighted by molar-refractivity contribution is 0.0733. The Morgan fingerprint density at radius 2 is 2.39 bits per heavy atom. The minimum atomic E-state index is -0.0640. The number of furan rings is 1. The van der Waals surface area contributed by atoms with E-state index >= 15 is 0 Å². The van der Waals surface area contributed by atoms with E-state index in [1.165, 1.54) is 6.26 Å². The quantitative estimate of drug-likeness (QED) is 0.905. The number of carbonyl (C=O) groups excluding carboxylic acids is 1. The Kier molecular flexibility index (Phi) is 2.88. The number of rotatable bonds is 2. The average Bonchev–Trinajstić information content (AvgIpc) is 3.09. The van der Waals surface area contributed by atoms with Gasteiger partial charge in [0.15, 0.2) is 0 Å². The molecule has 3 rings (SSSR count). The molecular formula is C13H13ClN2O2. The number of amides is 1. The van der Waals surface area contributed by atoms with Crippen molar-refractivity contribution in [2.75, 3.05) is 6.54 Å². The standard InChI is InChI=1S/C13H13ClN2O2/c14-12-9(5-8-18-12)13(17)16-7-2-4-11(16)10-3-1-6-15-10/h1,3,5-6,8,11,15H,2,4,7H2. The largest absolute Gasteiger partial charge is 0.452 e. The maximum absolute atomic E-state index is 12.4. The van der Waals surface area contributed by atoms with Gasteiger partial charge in [0, 0.05) is 18.4 Å². The highest BCUT2D eigenvalue weighted by atomic mass is 35.5. The van der Waals surface area contributed by atoms with Gasteiger partial charge in [-0.15, -0.1) is 0 Å². The Morgan fingerprint density at radius 1 is 1.50 bits per heavy atom. The number of nitrogens with zero attached hydrogens (tertiary/aromatic N) is 1.